The first kappa shape index (κ1) is 24.6. The van der Waals surface area contributed by atoms with Crippen molar-refractivity contribution in [3.8, 4) is 0 Å². The van der Waals surface area contributed by atoms with Crippen molar-refractivity contribution >= 4 is 120 Å². The Morgan fingerprint density at radius 1 is 0.478 bits per heavy atom. The van der Waals surface area contributed by atoms with Gasteiger partial charge in [0.2, 0.25) is 0 Å². The van der Waals surface area contributed by atoms with Crippen LogP contribution < -0.4 is 0 Å². The minimum absolute atomic E-state index is 0. The molecule has 0 saturated carbocycles. The zero-order valence-electron chi connectivity index (χ0n) is 10.4. The van der Waals surface area contributed by atoms with E-state index in [2.05, 4.69) is 0 Å². The van der Waals surface area contributed by atoms with Crippen molar-refractivity contribution in [3.05, 3.63) is 42.3 Å². The number of hydrogen-bond acceptors (Lipinski definition) is 4. The Balaban J connectivity index is 0.000000403. The molecule has 0 aliphatic carbocycles. The van der Waals surface area contributed by atoms with E-state index in [1.165, 1.54) is 12.1 Å². The van der Waals surface area contributed by atoms with Gasteiger partial charge in [0.05, 0.1) is 10.0 Å². The minimum atomic E-state index is 0. The number of benzene rings is 2. The van der Waals surface area contributed by atoms with E-state index in [-0.39, 0.29) is 16.5 Å². The van der Waals surface area contributed by atoms with Crippen molar-refractivity contribution in [1.82, 2.24) is 0 Å². The van der Waals surface area contributed by atoms with Crippen LogP contribution in [0, 0.1) is 0 Å². The van der Waals surface area contributed by atoms with Gasteiger partial charge in [0, 0.05) is 20.1 Å². The third-order valence-electron chi connectivity index (χ3n) is 2.17. The van der Waals surface area contributed by atoms with Crippen LogP contribution in [-0.2, 0) is 67.0 Å². The van der Waals surface area contributed by atoms with Crippen LogP contribution in [0.1, 0.15) is 0 Å². The van der Waals surface area contributed by atoms with Gasteiger partial charge in [-0.25, -0.2) is 0 Å². The van der Waals surface area contributed by atoms with Crippen molar-refractivity contribution in [1.29, 1.82) is 0 Å². The predicted octanol–water partition coefficient (Wildman–Crippen LogP) is 6.91. The second kappa shape index (κ2) is 10.6. The molecule has 1 radical (unpaired) electrons. The summed E-state index contributed by atoms with van der Waals surface area (Å²) in [6.07, 6.45) is 0. The third kappa shape index (κ3) is 6.34. The third-order valence-corrected chi connectivity index (χ3v) is 6.71. The van der Waals surface area contributed by atoms with Gasteiger partial charge in [0.1, 0.15) is 0 Å². The smallest absolute Gasteiger partial charge is 0.780 e. The zero-order chi connectivity index (χ0) is 17.2. The minimum Gasteiger partial charge on any atom is -0.780 e. The van der Waals surface area contributed by atoms with Gasteiger partial charge in [-0.2, -0.15) is 19.6 Å². The average molecular weight is 546 g/mol. The Morgan fingerprint density at radius 2 is 0.739 bits per heavy atom. The maximum atomic E-state index is 5.69. The molecule has 0 fully saturated rings. The molecule has 2 aromatic rings. The van der Waals surface area contributed by atoms with E-state index >= 15 is 0 Å². The summed E-state index contributed by atoms with van der Waals surface area (Å²) in [4.78, 5) is 1.46. The fourth-order valence-corrected chi connectivity index (χ4v) is 3.44. The summed E-state index contributed by atoms with van der Waals surface area (Å²) >= 11 is 53.5. The van der Waals surface area contributed by atoms with Crippen molar-refractivity contribution in [3.63, 3.8) is 0 Å². The molecular formula is C12H2Cl6NiS4-. The van der Waals surface area contributed by atoms with Crippen LogP contribution in [0.5, 0.6) is 0 Å². The molecule has 0 amide bonds. The van der Waals surface area contributed by atoms with E-state index in [0.29, 0.717) is 49.7 Å². The van der Waals surface area contributed by atoms with Gasteiger partial charge >= 0.3 is 16.5 Å². The van der Waals surface area contributed by atoms with Gasteiger partial charge in [-0.3, -0.25) is 0 Å². The molecule has 127 valence electrons. The monoisotopic (exact) mass is 542 g/mol. The van der Waals surface area contributed by atoms with Crippen molar-refractivity contribution in [2.75, 3.05) is 0 Å². The van der Waals surface area contributed by atoms with Gasteiger partial charge in [0.15, 0.2) is 0 Å². The standard InChI is InChI=1S/2C6H3Cl3S2.Ni/c2*7-2-1-3(8)5(10)6(11)4(2)9;/h2*1,10-11H;/q;;+3/p-4. The van der Waals surface area contributed by atoms with Crippen molar-refractivity contribution in [2.24, 2.45) is 0 Å². The molecule has 2 rings (SSSR count). The molecule has 0 saturated heterocycles. The van der Waals surface area contributed by atoms with E-state index in [4.69, 9.17) is 120 Å². The first-order valence-electron chi connectivity index (χ1n) is 5.11. The topological polar surface area (TPSA) is 0 Å². The van der Waals surface area contributed by atoms with E-state index in [9.17, 15) is 0 Å². The molecule has 0 unspecified atom stereocenters. The van der Waals surface area contributed by atoms with Crippen LogP contribution in [-0.4, -0.2) is 0 Å². The Hall–Kier alpha value is 1.55. The molecule has 0 aliphatic rings. The Kier molecular flexibility index (Phi) is 11.4. The van der Waals surface area contributed by atoms with Gasteiger partial charge in [-0.1, -0.05) is 69.6 Å². The Morgan fingerprint density at radius 3 is 1.00 bits per heavy atom. The van der Waals surface area contributed by atoms with Gasteiger partial charge in [-0.15, -0.1) is 0 Å². The largest absolute Gasteiger partial charge is 3.00 e. The molecule has 2 aromatic carbocycles. The molecule has 23 heavy (non-hydrogen) atoms. The summed E-state index contributed by atoms with van der Waals surface area (Å²) in [5.74, 6) is 0. The van der Waals surface area contributed by atoms with Crippen molar-refractivity contribution < 1.29 is 16.5 Å². The summed E-state index contributed by atoms with van der Waals surface area (Å²) in [5.41, 5.74) is 0. The SMILES string of the molecule is [Ni+3].[S-]c1c(Cl)cc(Cl)c(Cl)c1[S-].[S-]c1c(Cl)cc(Cl)c(Cl)c1[S-]. The van der Waals surface area contributed by atoms with Crippen LogP contribution in [0.4, 0.5) is 0 Å². The summed E-state index contributed by atoms with van der Waals surface area (Å²) in [6, 6.07) is 2.98. The first-order valence-corrected chi connectivity index (χ1v) is 9.01. The van der Waals surface area contributed by atoms with Crippen LogP contribution in [0.3, 0.4) is 0 Å². The van der Waals surface area contributed by atoms with E-state index in [1.54, 1.807) is 0 Å². The molecule has 0 aromatic heterocycles. The van der Waals surface area contributed by atoms with Crippen LogP contribution in [0.25, 0.3) is 0 Å². The van der Waals surface area contributed by atoms with E-state index < -0.39 is 0 Å². The molecule has 0 heterocycles. The number of rotatable bonds is 0. The summed E-state index contributed by atoms with van der Waals surface area (Å²) in [5, 5.41) is 2.04. The van der Waals surface area contributed by atoms with E-state index in [1.807, 2.05) is 0 Å². The number of halogens is 6. The van der Waals surface area contributed by atoms with Crippen LogP contribution >= 0.6 is 69.6 Å². The maximum absolute atomic E-state index is 5.69. The van der Waals surface area contributed by atoms with Gasteiger partial charge in [0.25, 0.3) is 0 Å². The fourth-order valence-electron chi connectivity index (χ4n) is 1.11. The van der Waals surface area contributed by atoms with Crippen LogP contribution in [0.15, 0.2) is 31.7 Å². The van der Waals surface area contributed by atoms with Crippen LogP contribution in [0.2, 0.25) is 30.1 Å². The second-order valence-electron chi connectivity index (χ2n) is 3.62. The van der Waals surface area contributed by atoms with E-state index in [0.717, 1.165) is 0 Å². The molecule has 0 bridgehead atoms. The molecule has 0 atom stereocenters. The first-order chi connectivity index (χ1) is 10.1. The molecule has 0 aliphatic heterocycles. The van der Waals surface area contributed by atoms with Crippen molar-refractivity contribution in [2.45, 2.75) is 19.6 Å². The zero-order valence-corrected chi connectivity index (χ0v) is 19.2. The average Bonchev–Trinajstić information content (AvgIpc) is 2.47. The normalized spacial score (nSPS) is 9.65. The van der Waals surface area contributed by atoms with Gasteiger partial charge in [-0.05, 0) is 12.1 Å². The number of hydrogen-bond donors (Lipinski definition) is 0. The summed E-state index contributed by atoms with van der Waals surface area (Å²) in [7, 11) is 0. The van der Waals surface area contributed by atoms with Gasteiger partial charge < -0.3 is 50.5 Å². The maximum Gasteiger partial charge on any atom is 3.00 e. The Labute approximate surface area is 196 Å². The molecular weight excluding hydrogens is 544 g/mol. The Bertz CT molecular complexity index is 612. The quantitative estimate of drug-likeness (QED) is 0.200. The second-order valence-corrected chi connectivity index (χ2v) is 7.64. The summed E-state index contributed by atoms with van der Waals surface area (Å²) < 4.78 is 0. The molecule has 11 heteroatoms. The molecule has 0 N–H and O–H groups in total. The molecule has 0 nitrogen and oxygen atoms in total. The fraction of sp³-hybridized carbons (Fsp3) is 0. The molecule has 0 spiro atoms. The predicted molar refractivity (Wildman–Crippen MR) is 105 cm³/mol. The summed E-state index contributed by atoms with van der Waals surface area (Å²) in [6.45, 7) is 0.